The molecule has 2 amide bonds. The van der Waals surface area contributed by atoms with Crippen LogP contribution in [0.1, 0.15) is 23.5 Å². The van der Waals surface area contributed by atoms with Gasteiger partial charge in [-0.3, -0.25) is 14.5 Å². The molecule has 176 valence electrons. The summed E-state index contributed by atoms with van der Waals surface area (Å²) in [5.74, 6) is 1.17. The Morgan fingerprint density at radius 2 is 2.03 bits per heavy atom. The van der Waals surface area contributed by atoms with E-state index in [1.807, 2.05) is 36.8 Å². The van der Waals surface area contributed by atoms with Gasteiger partial charge in [0.05, 0.1) is 37.4 Å². The van der Waals surface area contributed by atoms with E-state index in [1.54, 1.807) is 0 Å². The third kappa shape index (κ3) is 3.75. The lowest BCUT2D eigenvalue weighted by molar-refractivity contribution is -0.141. The zero-order chi connectivity index (χ0) is 22.6. The Bertz CT molecular complexity index is 887. The molecule has 7 atom stereocenters. The number of carbonyl (C=O) groups excluding carboxylic acids is 2. The van der Waals surface area contributed by atoms with Crippen LogP contribution in [-0.2, 0) is 25.6 Å². The number of aliphatic hydroxyl groups is 1. The van der Waals surface area contributed by atoms with Gasteiger partial charge in [0.2, 0.25) is 11.8 Å². The van der Waals surface area contributed by atoms with E-state index in [-0.39, 0.29) is 47.8 Å². The monoisotopic (exact) mass is 447 g/mol. The van der Waals surface area contributed by atoms with Crippen LogP contribution in [0.4, 0.5) is 0 Å². The summed E-state index contributed by atoms with van der Waals surface area (Å²) in [7, 11) is 1.94. The molecule has 0 saturated carbocycles. The van der Waals surface area contributed by atoms with Gasteiger partial charge in [-0.1, -0.05) is 0 Å². The molecule has 1 aromatic rings. The number of nitrogens with zero attached hydrogens (tertiary/aromatic N) is 2. The van der Waals surface area contributed by atoms with Crippen molar-refractivity contribution in [3.63, 3.8) is 0 Å². The maximum absolute atomic E-state index is 13.2. The number of furan rings is 1. The molecule has 4 saturated heterocycles. The largest absolute Gasteiger partial charge is 0.466 e. The van der Waals surface area contributed by atoms with Crippen molar-refractivity contribution in [2.45, 2.75) is 51.2 Å². The van der Waals surface area contributed by atoms with Crippen LogP contribution >= 0.6 is 0 Å². The summed E-state index contributed by atoms with van der Waals surface area (Å²) in [6.45, 7) is 6.95. The van der Waals surface area contributed by atoms with Gasteiger partial charge in [-0.05, 0) is 33.4 Å². The number of morpholine rings is 1. The molecule has 1 aromatic heterocycles. The number of ether oxygens (including phenoxy) is 2. The first-order valence-corrected chi connectivity index (χ1v) is 11.6. The molecule has 0 radical (unpaired) electrons. The molecule has 0 aliphatic carbocycles. The number of fused-ring (bicyclic) bond motifs is 4. The standard InChI is InChI=1S/C23H33N3O6/c1-12-6-14(13(2)31-12)8-24-22(28)15-7-19-20(27)16-9-26(10-17(16)21(15)32-19)23(29)18-11-30-5-4-25(18)3/h6,15-21,27H,4-5,7-11H2,1-3H3,(H,24,28)/t15-,16+,17-,18?,19-,20-,21+/m0/s1. The first-order valence-electron chi connectivity index (χ1n) is 11.6. The number of hydrogen-bond acceptors (Lipinski definition) is 7. The van der Waals surface area contributed by atoms with E-state index in [0.29, 0.717) is 39.3 Å². The summed E-state index contributed by atoms with van der Waals surface area (Å²) in [4.78, 5) is 30.1. The Morgan fingerprint density at radius 3 is 2.75 bits per heavy atom. The number of carbonyl (C=O) groups is 2. The molecular formula is C23H33N3O6. The van der Waals surface area contributed by atoms with Crippen molar-refractivity contribution in [1.29, 1.82) is 0 Å². The first-order chi connectivity index (χ1) is 15.3. The minimum Gasteiger partial charge on any atom is -0.466 e. The molecule has 4 aliphatic rings. The maximum atomic E-state index is 13.2. The van der Waals surface area contributed by atoms with Crippen LogP contribution in [0.15, 0.2) is 10.5 Å². The molecule has 9 heteroatoms. The van der Waals surface area contributed by atoms with E-state index < -0.39 is 6.10 Å². The summed E-state index contributed by atoms with van der Waals surface area (Å²) in [5.41, 5.74) is 0.965. The van der Waals surface area contributed by atoms with Crippen molar-refractivity contribution >= 4 is 11.8 Å². The highest BCUT2D eigenvalue weighted by Gasteiger charge is 2.58. The van der Waals surface area contributed by atoms with Crippen molar-refractivity contribution in [3.8, 4) is 0 Å². The van der Waals surface area contributed by atoms with Gasteiger partial charge in [-0.2, -0.15) is 0 Å². The molecule has 2 N–H and O–H groups in total. The van der Waals surface area contributed by atoms with Crippen molar-refractivity contribution in [2.24, 2.45) is 17.8 Å². The summed E-state index contributed by atoms with van der Waals surface area (Å²) < 4.78 is 17.2. The van der Waals surface area contributed by atoms with E-state index in [2.05, 4.69) is 5.32 Å². The van der Waals surface area contributed by atoms with E-state index in [9.17, 15) is 14.7 Å². The van der Waals surface area contributed by atoms with Gasteiger partial charge < -0.3 is 29.2 Å². The van der Waals surface area contributed by atoms with Crippen LogP contribution in [0, 0.1) is 31.6 Å². The number of rotatable bonds is 4. The number of likely N-dealkylation sites (N-methyl/N-ethyl adjacent to an activating group) is 1. The van der Waals surface area contributed by atoms with Crippen molar-refractivity contribution in [2.75, 3.05) is 39.9 Å². The average molecular weight is 448 g/mol. The molecule has 2 bridgehead atoms. The molecule has 4 aliphatic heterocycles. The molecule has 0 aromatic carbocycles. The lowest BCUT2D eigenvalue weighted by Crippen LogP contribution is -2.53. The predicted octanol–water partition coefficient (Wildman–Crippen LogP) is 0.0660. The third-order valence-corrected chi connectivity index (χ3v) is 7.80. The van der Waals surface area contributed by atoms with Crippen LogP contribution in [0.3, 0.4) is 0 Å². The van der Waals surface area contributed by atoms with E-state index in [1.165, 1.54) is 0 Å². The van der Waals surface area contributed by atoms with E-state index in [0.717, 1.165) is 23.6 Å². The van der Waals surface area contributed by atoms with Gasteiger partial charge >= 0.3 is 0 Å². The maximum Gasteiger partial charge on any atom is 0.242 e. The second-order valence-electron chi connectivity index (χ2n) is 9.77. The quantitative estimate of drug-likeness (QED) is 0.673. The molecule has 4 fully saturated rings. The fourth-order valence-electron chi connectivity index (χ4n) is 5.96. The van der Waals surface area contributed by atoms with Gasteiger partial charge in [0.1, 0.15) is 17.6 Å². The van der Waals surface area contributed by atoms with Crippen LogP contribution in [-0.4, -0.2) is 91.0 Å². The van der Waals surface area contributed by atoms with E-state index in [4.69, 9.17) is 13.9 Å². The van der Waals surface area contributed by atoms with Gasteiger partial charge in [-0.15, -0.1) is 0 Å². The zero-order valence-corrected chi connectivity index (χ0v) is 19.0. The second-order valence-corrected chi connectivity index (χ2v) is 9.77. The summed E-state index contributed by atoms with van der Waals surface area (Å²) in [6.07, 6.45) is -0.781. The molecule has 0 spiro atoms. The molecule has 5 rings (SSSR count). The number of hydrogen-bond donors (Lipinski definition) is 2. The van der Waals surface area contributed by atoms with Crippen molar-refractivity contribution in [3.05, 3.63) is 23.2 Å². The topological polar surface area (TPSA) is 104 Å². The van der Waals surface area contributed by atoms with Crippen LogP contribution in [0.5, 0.6) is 0 Å². The lowest BCUT2D eigenvalue weighted by Gasteiger charge is -2.36. The molecule has 1 unspecified atom stereocenters. The highest BCUT2D eigenvalue weighted by Crippen LogP contribution is 2.47. The van der Waals surface area contributed by atoms with Gasteiger partial charge in [0.15, 0.2) is 0 Å². The number of aryl methyl sites for hydroxylation is 2. The minimum absolute atomic E-state index is 0.0384. The Kier molecular flexibility index (Phi) is 5.77. The normalized spacial score (nSPS) is 36.9. The van der Waals surface area contributed by atoms with Crippen molar-refractivity contribution < 1.29 is 28.6 Å². The summed E-state index contributed by atoms with van der Waals surface area (Å²) in [6, 6.07) is 1.64. The second kappa shape index (κ2) is 8.44. The first kappa shape index (κ1) is 21.9. The lowest BCUT2D eigenvalue weighted by atomic mass is 9.83. The van der Waals surface area contributed by atoms with Crippen LogP contribution < -0.4 is 5.32 Å². The number of amides is 2. The predicted molar refractivity (Wildman–Crippen MR) is 114 cm³/mol. The number of likely N-dealkylation sites (tertiary alicyclic amines) is 1. The Hall–Kier alpha value is -1.94. The Balaban J connectivity index is 1.26. The smallest absolute Gasteiger partial charge is 0.242 e. The highest BCUT2D eigenvalue weighted by atomic mass is 16.5. The van der Waals surface area contributed by atoms with E-state index >= 15 is 0 Å². The number of aliphatic hydroxyl groups excluding tert-OH is 1. The fourth-order valence-corrected chi connectivity index (χ4v) is 5.96. The average Bonchev–Trinajstić information content (AvgIpc) is 3.46. The zero-order valence-electron chi connectivity index (χ0n) is 19.0. The summed E-state index contributed by atoms with van der Waals surface area (Å²) >= 11 is 0. The Morgan fingerprint density at radius 1 is 1.25 bits per heavy atom. The molecular weight excluding hydrogens is 414 g/mol. The van der Waals surface area contributed by atoms with Gasteiger partial charge in [0, 0.05) is 43.6 Å². The van der Waals surface area contributed by atoms with Crippen LogP contribution in [0.25, 0.3) is 0 Å². The summed E-state index contributed by atoms with van der Waals surface area (Å²) in [5, 5.41) is 14.0. The van der Waals surface area contributed by atoms with Crippen molar-refractivity contribution in [1.82, 2.24) is 15.1 Å². The fraction of sp³-hybridized carbons (Fsp3) is 0.739. The molecule has 32 heavy (non-hydrogen) atoms. The molecule has 9 nitrogen and oxygen atoms in total. The third-order valence-electron chi connectivity index (χ3n) is 7.80. The Labute approximate surface area is 188 Å². The molecule has 5 heterocycles. The SMILES string of the molecule is Cc1cc(CNC(=O)[C@H]2C[C@@H]3O[C@H]2[C@H]2CN(C(=O)C4COCCN4C)C[C@H]2[C@@H]3O)c(C)o1. The van der Waals surface area contributed by atoms with Gasteiger partial charge in [0.25, 0.3) is 0 Å². The van der Waals surface area contributed by atoms with Gasteiger partial charge in [-0.25, -0.2) is 0 Å². The highest BCUT2D eigenvalue weighted by molar-refractivity contribution is 5.83. The minimum atomic E-state index is -0.661. The number of nitrogens with one attached hydrogen (secondary N) is 1. The van der Waals surface area contributed by atoms with Crippen LogP contribution in [0.2, 0.25) is 0 Å².